The molecule has 2 rings (SSSR count). The molecule has 0 aliphatic heterocycles. The highest BCUT2D eigenvalue weighted by molar-refractivity contribution is 6.35. The van der Waals surface area contributed by atoms with Gasteiger partial charge in [0.25, 0.3) is 5.91 Å². The Balaban J connectivity index is 1.91. The van der Waals surface area contributed by atoms with E-state index in [-0.39, 0.29) is 11.7 Å². The van der Waals surface area contributed by atoms with Crippen molar-refractivity contribution in [1.29, 1.82) is 0 Å². The van der Waals surface area contributed by atoms with Gasteiger partial charge in [-0.15, -0.1) is 0 Å². The molecule has 0 fully saturated rings. The first-order valence-electron chi connectivity index (χ1n) is 5.92. The van der Waals surface area contributed by atoms with E-state index < -0.39 is 0 Å². The maximum atomic E-state index is 11.8. The average Bonchev–Trinajstić information content (AvgIpc) is 2.41. The summed E-state index contributed by atoms with van der Waals surface area (Å²) in [6, 6.07) is 6.60. The molecule has 4 nitrogen and oxygen atoms in total. The van der Waals surface area contributed by atoms with E-state index in [2.05, 4.69) is 10.3 Å². The first kappa shape index (κ1) is 14.6. The van der Waals surface area contributed by atoms with Crippen LogP contribution in [0.15, 0.2) is 36.7 Å². The lowest BCUT2D eigenvalue weighted by Crippen LogP contribution is -2.25. The van der Waals surface area contributed by atoms with Crippen LogP contribution in [0.5, 0.6) is 5.75 Å². The van der Waals surface area contributed by atoms with Crippen molar-refractivity contribution in [1.82, 2.24) is 10.3 Å². The zero-order valence-electron chi connectivity index (χ0n) is 10.4. The van der Waals surface area contributed by atoms with Crippen LogP contribution in [-0.4, -0.2) is 22.5 Å². The van der Waals surface area contributed by atoms with Crippen LogP contribution in [0.25, 0.3) is 0 Å². The van der Waals surface area contributed by atoms with Gasteiger partial charge in [0.05, 0.1) is 11.8 Å². The van der Waals surface area contributed by atoms with Crippen molar-refractivity contribution in [2.45, 2.75) is 6.42 Å². The molecule has 0 atom stereocenters. The molecule has 1 heterocycles. The van der Waals surface area contributed by atoms with E-state index in [4.69, 9.17) is 23.2 Å². The molecule has 104 valence electrons. The minimum absolute atomic E-state index is 0.0432. The second-order valence-electron chi connectivity index (χ2n) is 4.17. The number of rotatable bonds is 4. The number of carbonyl (C=O) groups excluding carboxylic acids is 1. The lowest BCUT2D eigenvalue weighted by Gasteiger charge is -2.07. The van der Waals surface area contributed by atoms with Crippen molar-refractivity contribution >= 4 is 29.1 Å². The van der Waals surface area contributed by atoms with Crippen molar-refractivity contribution in [3.8, 4) is 5.75 Å². The summed E-state index contributed by atoms with van der Waals surface area (Å²) < 4.78 is 0. The molecular formula is C14H12Cl2N2O2. The standard InChI is InChI=1S/C14H12Cl2N2O2/c15-11-2-1-9(13(16)6-11)3-4-18-14(20)10-5-12(19)8-17-7-10/h1-2,5-8,19H,3-4H2,(H,18,20). The fourth-order valence-corrected chi connectivity index (χ4v) is 2.19. The Bertz CT molecular complexity index is 632. The Hall–Kier alpha value is -1.78. The van der Waals surface area contributed by atoms with Crippen molar-refractivity contribution in [2.75, 3.05) is 6.54 Å². The van der Waals surface area contributed by atoms with E-state index in [1.807, 2.05) is 6.07 Å². The van der Waals surface area contributed by atoms with Crippen molar-refractivity contribution in [3.63, 3.8) is 0 Å². The van der Waals surface area contributed by atoms with E-state index in [0.717, 1.165) is 5.56 Å². The fraction of sp³-hybridized carbons (Fsp3) is 0.143. The van der Waals surface area contributed by atoms with E-state index in [1.165, 1.54) is 18.5 Å². The number of halogens is 2. The lowest BCUT2D eigenvalue weighted by atomic mass is 10.1. The van der Waals surface area contributed by atoms with Gasteiger partial charge in [-0.05, 0) is 30.2 Å². The summed E-state index contributed by atoms with van der Waals surface area (Å²) in [7, 11) is 0. The van der Waals surface area contributed by atoms with Gasteiger partial charge < -0.3 is 10.4 Å². The molecule has 2 aromatic rings. The molecule has 20 heavy (non-hydrogen) atoms. The van der Waals surface area contributed by atoms with E-state index in [9.17, 15) is 9.90 Å². The SMILES string of the molecule is O=C(NCCc1ccc(Cl)cc1Cl)c1cncc(O)c1. The minimum atomic E-state index is -0.293. The zero-order valence-corrected chi connectivity index (χ0v) is 11.9. The van der Waals surface area contributed by atoms with Gasteiger partial charge in [-0.1, -0.05) is 29.3 Å². The number of hydrogen-bond donors (Lipinski definition) is 2. The summed E-state index contributed by atoms with van der Waals surface area (Å²) in [6.07, 6.45) is 3.25. The number of aromatic nitrogens is 1. The summed E-state index contributed by atoms with van der Waals surface area (Å²) in [5.74, 6) is -0.336. The van der Waals surface area contributed by atoms with Crippen LogP contribution in [0.3, 0.4) is 0 Å². The molecule has 1 aromatic carbocycles. The highest BCUT2D eigenvalue weighted by Crippen LogP contribution is 2.21. The quantitative estimate of drug-likeness (QED) is 0.912. The molecule has 2 N–H and O–H groups in total. The first-order chi connectivity index (χ1) is 9.56. The topological polar surface area (TPSA) is 62.2 Å². The second-order valence-corrected chi connectivity index (χ2v) is 5.02. The van der Waals surface area contributed by atoms with Crippen LogP contribution in [0.2, 0.25) is 10.0 Å². The third kappa shape index (κ3) is 3.85. The van der Waals surface area contributed by atoms with Gasteiger partial charge in [-0.25, -0.2) is 0 Å². The smallest absolute Gasteiger partial charge is 0.252 e. The normalized spacial score (nSPS) is 10.3. The van der Waals surface area contributed by atoms with Gasteiger partial charge in [0, 0.05) is 22.8 Å². The maximum absolute atomic E-state index is 11.8. The Kier molecular flexibility index (Phi) is 4.82. The third-order valence-electron chi connectivity index (χ3n) is 2.68. The van der Waals surface area contributed by atoms with Gasteiger partial charge >= 0.3 is 0 Å². The zero-order chi connectivity index (χ0) is 14.5. The van der Waals surface area contributed by atoms with Crippen LogP contribution >= 0.6 is 23.2 Å². The van der Waals surface area contributed by atoms with E-state index >= 15 is 0 Å². The van der Waals surface area contributed by atoms with Gasteiger partial charge in [0.2, 0.25) is 0 Å². The molecule has 1 amide bonds. The summed E-state index contributed by atoms with van der Waals surface area (Å²) in [5.41, 5.74) is 1.22. The monoisotopic (exact) mass is 310 g/mol. The Morgan fingerprint density at radius 1 is 1.25 bits per heavy atom. The Labute approximate surface area is 126 Å². The van der Waals surface area contributed by atoms with Crippen molar-refractivity contribution in [2.24, 2.45) is 0 Å². The predicted molar refractivity (Wildman–Crippen MR) is 78.4 cm³/mol. The van der Waals surface area contributed by atoms with Crippen LogP contribution in [0.1, 0.15) is 15.9 Å². The van der Waals surface area contributed by atoms with Crippen LogP contribution in [0, 0.1) is 0 Å². The molecule has 0 spiro atoms. The fourth-order valence-electron chi connectivity index (χ4n) is 1.69. The van der Waals surface area contributed by atoms with Gasteiger partial charge in [-0.3, -0.25) is 9.78 Å². The number of nitrogens with one attached hydrogen (secondary N) is 1. The van der Waals surface area contributed by atoms with Crippen molar-refractivity contribution < 1.29 is 9.90 Å². The lowest BCUT2D eigenvalue weighted by molar-refractivity contribution is 0.0953. The highest BCUT2D eigenvalue weighted by atomic mass is 35.5. The summed E-state index contributed by atoms with van der Waals surface area (Å²) in [6.45, 7) is 0.426. The largest absolute Gasteiger partial charge is 0.506 e. The molecule has 0 radical (unpaired) electrons. The summed E-state index contributed by atoms with van der Waals surface area (Å²) in [5, 5.41) is 13.1. The molecule has 0 saturated heterocycles. The Morgan fingerprint density at radius 2 is 2.05 bits per heavy atom. The predicted octanol–water partition coefficient (Wildman–Crippen LogP) is 3.07. The van der Waals surface area contributed by atoms with E-state index in [0.29, 0.717) is 28.6 Å². The number of benzene rings is 1. The molecule has 0 aliphatic rings. The maximum Gasteiger partial charge on any atom is 0.252 e. The molecule has 0 aliphatic carbocycles. The van der Waals surface area contributed by atoms with E-state index in [1.54, 1.807) is 12.1 Å². The minimum Gasteiger partial charge on any atom is -0.506 e. The van der Waals surface area contributed by atoms with Gasteiger partial charge in [0.15, 0.2) is 0 Å². The Morgan fingerprint density at radius 3 is 2.75 bits per heavy atom. The second kappa shape index (κ2) is 6.59. The van der Waals surface area contributed by atoms with Crippen LogP contribution < -0.4 is 5.32 Å². The van der Waals surface area contributed by atoms with Gasteiger partial charge in [-0.2, -0.15) is 0 Å². The highest BCUT2D eigenvalue weighted by Gasteiger charge is 2.07. The van der Waals surface area contributed by atoms with Crippen LogP contribution in [0.4, 0.5) is 0 Å². The molecular weight excluding hydrogens is 299 g/mol. The molecule has 1 aromatic heterocycles. The van der Waals surface area contributed by atoms with Crippen LogP contribution in [-0.2, 0) is 6.42 Å². The number of nitrogens with zero attached hydrogens (tertiary/aromatic N) is 1. The number of pyridine rings is 1. The molecule has 0 unspecified atom stereocenters. The summed E-state index contributed by atoms with van der Waals surface area (Å²) in [4.78, 5) is 15.6. The number of amides is 1. The molecule has 0 saturated carbocycles. The number of aromatic hydroxyl groups is 1. The molecule has 0 bridgehead atoms. The first-order valence-corrected chi connectivity index (χ1v) is 6.68. The molecule has 6 heteroatoms. The number of carbonyl (C=O) groups is 1. The van der Waals surface area contributed by atoms with Crippen molar-refractivity contribution in [3.05, 3.63) is 57.8 Å². The van der Waals surface area contributed by atoms with Gasteiger partial charge in [0.1, 0.15) is 5.75 Å². The average molecular weight is 311 g/mol. The number of hydrogen-bond acceptors (Lipinski definition) is 3. The third-order valence-corrected chi connectivity index (χ3v) is 3.27. The summed E-state index contributed by atoms with van der Waals surface area (Å²) >= 11 is 11.9.